The van der Waals surface area contributed by atoms with Crippen molar-refractivity contribution in [3.8, 4) is 0 Å². The first-order valence-corrected chi connectivity index (χ1v) is 4.71. The number of fused-ring (bicyclic) bond motifs is 1. The molecule has 0 saturated carbocycles. The molecule has 2 atom stereocenters. The molecule has 0 radical (unpaired) electrons. The van der Waals surface area contributed by atoms with Gasteiger partial charge in [-0.3, -0.25) is 4.90 Å². The van der Waals surface area contributed by atoms with E-state index >= 15 is 0 Å². The zero-order valence-electron chi connectivity index (χ0n) is 7.58. The van der Waals surface area contributed by atoms with Crippen LogP contribution in [0.3, 0.4) is 0 Å². The predicted molar refractivity (Wildman–Crippen MR) is 46.7 cm³/mol. The molecule has 0 aromatic carbocycles. The molecule has 2 rings (SSSR count). The maximum atomic E-state index is 2.66. The van der Waals surface area contributed by atoms with Crippen LogP contribution in [0.2, 0.25) is 0 Å². The van der Waals surface area contributed by atoms with Crippen molar-refractivity contribution in [2.24, 2.45) is 0 Å². The smallest absolute Gasteiger partial charge is 0.0224 e. The molecule has 0 N–H and O–H groups in total. The molecule has 11 heavy (non-hydrogen) atoms. The molecule has 0 aromatic rings. The quantitative estimate of drug-likeness (QED) is 0.509. The fraction of sp³-hybridized carbons (Fsp3) is 1.00. The van der Waals surface area contributed by atoms with Gasteiger partial charge in [0.15, 0.2) is 0 Å². The summed E-state index contributed by atoms with van der Waals surface area (Å²) in [5.74, 6) is 0. The van der Waals surface area contributed by atoms with Gasteiger partial charge in [0, 0.05) is 25.2 Å². The van der Waals surface area contributed by atoms with Crippen LogP contribution in [0.4, 0.5) is 0 Å². The van der Waals surface area contributed by atoms with Gasteiger partial charge in [-0.2, -0.15) is 0 Å². The van der Waals surface area contributed by atoms with E-state index in [-0.39, 0.29) is 0 Å². The summed E-state index contributed by atoms with van der Waals surface area (Å²) in [6, 6.07) is 1.65. The predicted octanol–water partition coefficient (Wildman–Crippen LogP) is 0.785. The Morgan fingerprint density at radius 2 is 2.09 bits per heavy atom. The minimum absolute atomic E-state index is 0.768. The fourth-order valence-corrected chi connectivity index (χ4v) is 2.33. The second kappa shape index (κ2) is 2.76. The van der Waals surface area contributed by atoms with Crippen molar-refractivity contribution in [1.29, 1.82) is 0 Å². The first-order chi connectivity index (χ1) is 5.27. The van der Waals surface area contributed by atoms with Gasteiger partial charge in [0.25, 0.3) is 0 Å². The minimum Gasteiger partial charge on any atom is -0.301 e. The molecule has 2 heterocycles. The highest BCUT2D eigenvalue weighted by Crippen LogP contribution is 2.23. The number of likely N-dealkylation sites (N-methyl/N-ethyl adjacent to an activating group) is 1. The average Bonchev–Trinajstić information content (AvgIpc) is 2.36. The zero-order valence-corrected chi connectivity index (χ0v) is 7.58. The van der Waals surface area contributed by atoms with Crippen LogP contribution in [0.15, 0.2) is 0 Å². The summed E-state index contributed by atoms with van der Waals surface area (Å²) in [6.45, 7) is 6.26. The Kier molecular flexibility index (Phi) is 1.90. The highest BCUT2D eigenvalue weighted by atomic mass is 15.3. The van der Waals surface area contributed by atoms with Gasteiger partial charge in [-0.05, 0) is 33.4 Å². The van der Waals surface area contributed by atoms with Gasteiger partial charge in [-0.15, -0.1) is 0 Å². The fourth-order valence-electron chi connectivity index (χ4n) is 2.33. The van der Waals surface area contributed by atoms with Crippen LogP contribution < -0.4 is 0 Å². The summed E-state index contributed by atoms with van der Waals surface area (Å²) in [6.07, 6.45) is 2.85. The molecule has 2 aliphatic rings. The van der Waals surface area contributed by atoms with Crippen molar-refractivity contribution in [3.63, 3.8) is 0 Å². The largest absolute Gasteiger partial charge is 0.301 e. The van der Waals surface area contributed by atoms with Crippen LogP contribution in [0.1, 0.15) is 19.8 Å². The third-order valence-corrected chi connectivity index (χ3v) is 3.25. The Balaban J connectivity index is 2.00. The number of piperazine rings is 1. The van der Waals surface area contributed by atoms with E-state index in [0.29, 0.717) is 0 Å². The molecular formula is C9H18N2. The molecule has 0 aromatic heterocycles. The molecule has 64 valence electrons. The van der Waals surface area contributed by atoms with Crippen LogP contribution in [-0.2, 0) is 0 Å². The number of nitrogens with zero attached hydrogens (tertiary/aromatic N) is 2. The summed E-state index contributed by atoms with van der Waals surface area (Å²) in [7, 11) is 2.25. The molecule has 2 nitrogen and oxygen atoms in total. The monoisotopic (exact) mass is 154 g/mol. The highest BCUT2D eigenvalue weighted by Gasteiger charge is 2.32. The van der Waals surface area contributed by atoms with Crippen molar-refractivity contribution < 1.29 is 0 Å². The standard InChI is InChI=1S/C9H18N2/c1-8-6-11-5-3-4-9(11)7-10(8)2/h8-9H,3-7H2,1-2H3. The number of hydrogen-bond donors (Lipinski definition) is 0. The summed E-state index contributed by atoms with van der Waals surface area (Å²) in [5, 5.41) is 0. The van der Waals surface area contributed by atoms with Crippen LogP contribution in [-0.4, -0.2) is 48.6 Å². The maximum absolute atomic E-state index is 2.66. The van der Waals surface area contributed by atoms with E-state index in [2.05, 4.69) is 23.8 Å². The van der Waals surface area contributed by atoms with E-state index in [1.807, 2.05) is 0 Å². The van der Waals surface area contributed by atoms with Crippen LogP contribution in [0, 0.1) is 0 Å². The topological polar surface area (TPSA) is 6.48 Å². The van der Waals surface area contributed by atoms with Gasteiger partial charge >= 0.3 is 0 Å². The average molecular weight is 154 g/mol. The molecular weight excluding hydrogens is 136 g/mol. The third kappa shape index (κ3) is 1.30. The van der Waals surface area contributed by atoms with Gasteiger partial charge in [0.2, 0.25) is 0 Å². The van der Waals surface area contributed by atoms with Crippen LogP contribution in [0.25, 0.3) is 0 Å². The lowest BCUT2D eigenvalue weighted by atomic mass is 10.1. The third-order valence-electron chi connectivity index (χ3n) is 3.25. The summed E-state index contributed by atoms with van der Waals surface area (Å²) < 4.78 is 0. The van der Waals surface area contributed by atoms with E-state index in [1.165, 1.54) is 32.5 Å². The SMILES string of the molecule is CC1CN2CCCC2CN1C. The molecule has 2 saturated heterocycles. The van der Waals surface area contributed by atoms with E-state index in [4.69, 9.17) is 0 Å². The number of rotatable bonds is 0. The first kappa shape index (κ1) is 7.56. The molecule has 0 aliphatic carbocycles. The van der Waals surface area contributed by atoms with Gasteiger partial charge in [-0.1, -0.05) is 0 Å². The highest BCUT2D eigenvalue weighted by molar-refractivity contribution is 4.89. The second-order valence-electron chi connectivity index (χ2n) is 4.08. The van der Waals surface area contributed by atoms with E-state index < -0.39 is 0 Å². The summed E-state index contributed by atoms with van der Waals surface area (Å²) in [4.78, 5) is 5.15. The van der Waals surface area contributed by atoms with Crippen molar-refractivity contribution in [2.45, 2.75) is 31.8 Å². The lowest BCUT2D eigenvalue weighted by Gasteiger charge is -2.40. The normalized spacial score (nSPS) is 40.9. The summed E-state index contributed by atoms with van der Waals surface area (Å²) in [5.41, 5.74) is 0. The molecule has 2 unspecified atom stereocenters. The lowest BCUT2D eigenvalue weighted by molar-refractivity contribution is 0.0795. The van der Waals surface area contributed by atoms with Crippen molar-refractivity contribution in [1.82, 2.24) is 9.80 Å². The number of hydrogen-bond acceptors (Lipinski definition) is 2. The minimum atomic E-state index is 0.768. The Hall–Kier alpha value is -0.0800. The Bertz CT molecular complexity index is 130. The van der Waals surface area contributed by atoms with Gasteiger partial charge in [0.05, 0.1) is 0 Å². The van der Waals surface area contributed by atoms with Crippen molar-refractivity contribution >= 4 is 0 Å². The van der Waals surface area contributed by atoms with Crippen molar-refractivity contribution in [3.05, 3.63) is 0 Å². The lowest BCUT2D eigenvalue weighted by Crippen LogP contribution is -2.53. The van der Waals surface area contributed by atoms with Crippen LogP contribution in [0.5, 0.6) is 0 Å². The summed E-state index contributed by atoms with van der Waals surface area (Å²) >= 11 is 0. The zero-order chi connectivity index (χ0) is 7.84. The Morgan fingerprint density at radius 1 is 1.27 bits per heavy atom. The van der Waals surface area contributed by atoms with Crippen LogP contribution >= 0.6 is 0 Å². The maximum Gasteiger partial charge on any atom is 0.0224 e. The molecule has 0 spiro atoms. The molecule has 0 bridgehead atoms. The van der Waals surface area contributed by atoms with Gasteiger partial charge in [-0.25, -0.2) is 0 Å². The second-order valence-corrected chi connectivity index (χ2v) is 4.08. The molecule has 2 fully saturated rings. The van der Waals surface area contributed by atoms with E-state index in [9.17, 15) is 0 Å². The van der Waals surface area contributed by atoms with Gasteiger partial charge in [0.1, 0.15) is 0 Å². The van der Waals surface area contributed by atoms with E-state index in [1.54, 1.807) is 0 Å². The molecule has 2 heteroatoms. The molecule has 2 aliphatic heterocycles. The Labute approximate surface area is 69.2 Å². The van der Waals surface area contributed by atoms with Gasteiger partial charge < -0.3 is 4.90 Å². The van der Waals surface area contributed by atoms with E-state index in [0.717, 1.165) is 12.1 Å². The Morgan fingerprint density at radius 3 is 2.91 bits per heavy atom. The first-order valence-electron chi connectivity index (χ1n) is 4.71. The molecule has 0 amide bonds. The van der Waals surface area contributed by atoms with Crippen molar-refractivity contribution in [2.75, 3.05) is 26.7 Å².